The Morgan fingerprint density at radius 3 is 2.67 bits per heavy atom. The summed E-state index contributed by atoms with van der Waals surface area (Å²) in [6.45, 7) is 2.13. The normalized spacial score (nSPS) is 11.5. The first-order chi connectivity index (χ1) is 10.3. The molecule has 0 aliphatic rings. The van der Waals surface area contributed by atoms with Gasteiger partial charge in [0.15, 0.2) is 0 Å². The van der Waals surface area contributed by atoms with Crippen LogP contribution in [0.3, 0.4) is 0 Å². The van der Waals surface area contributed by atoms with E-state index in [0.29, 0.717) is 6.42 Å². The van der Waals surface area contributed by atoms with Crippen molar-refractivity contribution in [2.75, 3.05) is 0 Å². The first-order valence-electron chi connectivity index (χ1n) is 7.05. The first kappa shape index (κ1) is 12.5. The minimum absolute atomic E-state index is 0.474. The van der Waals surface area contributed by atoms with Gasteiger partial charge in [0, 0.05) is 26.6 Å². The van der Waals surface area contributed by atoms with Gasteiger partial charge in [-0.2, -0.15) is 0 Å². The zero-order chi connectivity index (χ0) is 14.4. The lowest BCUT2D eigenvalue weighted by atomic mass is 9.97. The number of benzene rings is 3. The average molecular weight is 290 g/mol. The molecule has 0 saturated heterocycles. The zero-order valence-electron chi connectivity index (χ0n) is 11.7. The molecule has 1 aromatic heterocycles. The summed E-state index contributed by atoms with van der Waals surface area (Å²) in [4.78, 5) is 11.1. The van der Waals surface area contributed by atoms with Crippen molar-refractivity contribution in [2.45, 2.75) is 13.3 Å². The molecule has 4 rings (SSSR count). The number of aldehydes is 1. The Kier molecular flexibility index (Phi) is 2.79. The molecule has 0 unspecified atom stereocenters. The van der Waals surface area contributed by atoms with E-state index in [1.54, 1.807) is 0 Å². The van der Waals surface area contributed by atoms with Crippen LogP contribution in [0.4, 0.5) is 0 Å². The molecule has 21 heavy (non-hydrogen) atoms. The van der Waals surface area contributed by atoms with Crippen LogP contribution >= 0.6 is 11.3 Å². The Morgan fingerprint density at radius 2 is 1.81 bits per heavy atom. The van der Waals surface area contributed by atoms with E-state index in [1.807, 2.05) is 11.3 Å². The van der Waals surface area contributed by atoms with Gasteiger partial charge in [0.05, 0.1) is 0 Å². The van der Waals surface area contributed by atoms with E-state index >= 15 is 0 Å². The van der Waals surface area contributed by atoms with Crippen LogP contribution in [0.1, 0.15) is 11.1 Å². The van der Waals surface area contributed by atoms with Crippen molar-refractivity contribution in [3.63, 3.8) is 0 Å². The predicted molar refractivity (Wildman–Crippen MR) is 91.3 cm³/mol. The van der Waals surface area contributed by atoms with Gasteiger partial charge in [-0.3, -0.25) is 0 Å². The molecule has 0 aliphatic heterocycles. The second kappa shape index (κ2) is 4.68. The van der Waals surface area contributed by atoms with Crippen LogP contribution in [0.5, 0.6) is 0 Å². The van der Waals surface area contributed by atoms with E-state index in [2.05, 4.69) is 55.5 Å². The fraction of sp³-hybridized carbons (Fsp3) is 0.105. The summed E-state index contributed by atoms with van der Waals surface area (Å²) in [5.74, 6) is 0. The zero-order valence-corrected chi connectivity index (χ0v) is 12.5. The number of carbonyl (C=O) groups excluding carboxylic acids is 1. The Morgan fingerprint density at radius 1 is 1.00 bits per heavy atom. The largest absolute Gasteiger partial charge is 0.303 e. The van der Waals surface area contributed by atoms with Crippen LogP contribution in [0.2, 0.25) is 0 Å². The molecular formula is C19H14OS. The fourth-order valence-corrected chi connectivity index (χ4v) is 4.40. The molecule has 0 aliphatic carbocycles. The summed E-state index contributed by atoms with van der Waals surface area (Å²) in [5.41, 5.74) is 2.40. The van der Waals surface area contributed by atoms with Gasteiger partial charge >= 0.3 is 0 Å². The molecule has 2 heteroatoms. The van der Waals surface area contributed by atoms with Gasteiger partial charge < -0.3 is 4.79 Å². The van der Waals surface area contributed by atoms with E-state index in [1.165, 1.54) is 36.5 Å². The van der Waals surface area contributed by atoms with E-state index < -0.39 is 0 Å². The molecule has 0 amide bonds. The van der Waals surface area contributed by atoms with E-state index in [4.69, 9.17) is 0 Å². The highest BCUT2D eigenvalue weighted by molar-refractivity contribution is 7.26. The lowest BCUT2D eigenvalue weighted by molar-refractivity contribution is -0.107. The van der Waals surface area contributed by atoms with Crippen LogP contribution in [-0.4, -0.2) is 6.29 Å². The molecule has 0 N–H and O–H groups in total. The number of hydrogen-bond acceptors (Lipinski definition) is 2. The van der Waals surface area contributed by atoms with E-state index in [-0.39, 0.29) is 0 Å². The second-order valence-electron chi connectivity index (χ2n) is 5.38. The van der Waals surface area contributed by atoms with Crippen molar-refractivity contribution in [1.82, 2.24) is 0 Å². The highest BCUT2D eigenvalue weighted by atomic mass is 32.1. The number of aryl methyl sites for hydroxylation is 1. The monoisotopic (exact) mass is 290 g/mol. The number of thiophene rings is 1. The third-order valence-corrected chi connectivity index (χ3v) is 5.31. The van der Waals surface area contributed by atoms with Gasteiger partial charge in [-0.25, -0.2) is 0 Å². The van der Waals surface area contributed by atoms with Gasteiger partial charge in [-0.15, -0.1) is 11.3 Å². The maximum atomic E-state index is 11.1. The SMILES string of the molecule is Cc1cccc2c1cc(CC=O)c1c3ccccc3sc21. The summed E-state index contributed by atoms with van der Waals surface area (Å²) in [5, 5.41) is 5.06. The highest BCUT2D eigenvalue weighted by Gasteiger charge is 2.13. The molecule has 0 atom stereocenters. The standard InChI is InChI=1S/C19H14OS/c1-12-5-4-7-14-16(12)11-13(9-10-20)18-15-6-2-3-8-17(15)21-19(14)18/h2-8,10-11H,9H2,1H3. The van der Waals surface area contributed by atoms with Crippen molar-refractivity contribution in [3.05, 3.63) is 59.7 Å². The number of rotatable bonds is 2. The molecule has 0 radical (unpaired) electrons. The predicted octanol–water partition coefficient (Wildman–Crippen LogP) is 5.26. The molecule has 102 valence electrons. The summed E-state index contributed by atoms with van der Waals surface area (Å²) in [6.07, 6.45) is 1.48. The van der Waals surface area contributed by atoms with Crippen LogP contribution in [0.15, 0.2) is 48.5 Å². The fourth-order valence-electron chi connectivity index (χ4n) is 3.12. The summed E-state index contributed by atoms with van der Waals surface area (Å²) >= 11 is 1.82. The lowest BCUT2D eigenvalue weighted by Gasteiger charge is -2.07. The summed E-state index contributed by atoms with van der Waals surface area (Å²) in [6, 6.07) is 17.1. The maximum absolute atomic E-state index is 11.1. The minimum atomic E-state index is 0.474. The van der Waals surface area contributed by atoms with Crippen molar-refractivity contribution >= 4 is 48.6 Å². The summed E-state index contributed by atoms with van der Waals surface area (Å²) < 4.78 is 2.59. The highest BCUT2D eigenvalue weighted by Crippen LogP contribution is 2.41. The van der Waals surface area contributed by atoms with Gasteiger partial charge in [0.2, 0.25) is 0 Å². The lowest BCUT2D eigenvalue weighted by Crippen LogP contribution is -1.89. The molecule has 0 saturated carbocycles. The topological polar surface area (TPSA) is 17.1 Å². The van der Waals surface area contributed by atoms with Crippen LogP contribution in [-0.2, 0) is 11.2 Å². The van der Waals surface area contributed by atoms with Gasteiger partial charge in [0.25, 0.3) is 0 Å². The molecule has 0 fully saturated rings. The third-order valence-electron chi connectivity index (χ3n) is 4.11. The molecule has 1 nitrogen and oxygen atoms in total. The van der Waals surface area contributed by atoms with Crippen molar-refractivity contribution < 1.29 is 4.79 Å². The van der Waals surface area contributed by atoms with Gasteiger partial charge in [-0.05, 0) is 41.0 Å². The Labute approximate surface area is 126 Å². The maximum Gasteiger partial charge on any atom is 0.124 e. The quantitative estimate of drug-likeness (QED) is 0.460. The molecule has 3 aromatic carbocycles. The van der Waals surface area contributed by atoms with Crippen LogP contribution in [0.25, 0.3) is 30.9 Å². The minimum Gasteiger partial charge on any atom is -0.303 e. The Bertz CT molecular complexity index is 995. The average Bonchev–Trinajstić information content (AvgIpc) is 2.89. The second-order valence-corrected chi connectivity index (χ2v) is 6.43. The molecular weight excluding hydrogens is 276 g/mol. The van der Waals surface area contributed by atoms with E-state index in [9.17, 15) is 4.79 Å². The number of hydrogen-bond donors (Lipinski definition) is 0. The Hall–Kier alpha value is -2.19. The first-order valence-corrected chi connectivity index (χ1v) is 7.87. The Balaban J connectivity index is 2.30. The van der Waals surface area contributed by atoms with Gasteiger partial charge in [0.1, 0.15) is 6.29 Å². The molecule has 1 heterocycles. The van der Waals surface area contributed by atoms with Crippen LogP contribution in [0, 0.1) is 6.92 Å². The van der Waals surface area contributed by atoms with Crippen LogP contribution < -0.4 is 0 Å². The number of fused-ring (bicyclic) bond motifs is 5. The van der Waals surface area contributed by atoms with Gasteiger partial charge in [-0.1, -0.05) is 36.4 Å². The van der Waals surface area contributed by atoms with Crippen molar-refractivity contribution in [1.29, 1.82) is 0 Å². The molecule has 4 aromatic rings. The van der Waals surface area contributed by atoms with E-state index in [0.717, 1.165) is 11.8 Å². The molecule has 0 bridgehead atoms. The van der Waals surface area contributed by atoms with Crippen molar-refractivity contribution in [3.8, 4) is 0 Å². The van der Waals surface area contributed by atoms with Crippen molar-refractivity contribution in [2.24, 2.45) is 0 Å². The number of carbonyl (C=O) groups is 1. The smallest absolute Gasteiger partial charge is 0.124 e. The third kappa shape index (κ3) is 1.79. The molecule has 0 spiro atoms. The summed E-state index contributed by atoms with van der Waals surface area (Å²) in [7, 11) is 0.